The summed E-state index contributed by atoms with van der Waals surface area (Å²) >= 11 is 0. The van der Waals surface area contributed by atoms with E-state index >= 15 is 0 Å². The number of benzene rings is 1. The Morgan fingerprint density at radius 3 is 2.30 bits per heavy atom. The first-order valence-corrected chi connectivity index (χ1v) is 11.9. The van der Waals surface area contributed by atoms with Gasteiger partial charge in [0.15, 0.2) is 0 Å². The molecule has 2 aliphatic rings. The molecule has 0 aliphatic carbocycles. The van der Waals surface area contributed by atoms with Crippen LogP contribution in [0.25, 0.3) is 0 Å². The summed E-state index contributed by atoms with van der Waals surface area (Å²) in [7, 11) is -4.19. The highest BCUT2D eigenvalue weighted by atomic mass is 32.2. The van der Waals surface area contributed by atoms with E-state index in [9.17, 15) is 21.6 Å². The summed E-state index contributed by atoms with van der Waals surface area (Å²) in [4.78, 5) is 12.6. The van der Waals surface area contributed by atoms with Gasteiger partial charge in [-0.1, -0.05) is 12.1 Å². The average Bonchev–Trinajstić information content (AvgIpc) is 2.78. The molecule has 9 nitrogen and oxygen atoms in total. The second-order valence-corrected chi connectivity index (χ2v) is 9.56. The molecular weight excluding hydrogens is 463 g/mol. The van der Waals surface area contributed by atoms with Crippen molar-refractivity contribution in [3.8, 4) is 5.75 Å². The molecule has 2 aliphatic heterocycles. The van der Waals surface area contributed by atoms with Gasteiger partial charge in [0.2, 0.25) is 16.0 Å². The molecule has 3 heterocycles. The fraction of sp³-hybridized carbons (Fsp3) is 0.500. The van der Waals surface area contributed by atoms with Crippen LogP contribution < -0.4 is 14.5 Å². The summed E-state index contributed by atoms with van der Waals surface area (Å²) < 4.78 is 74.8. The Kier molecular flexibility index (Phi) is 6.64. The molecule has 0 spiro atoms. The van der Waals surface area contributed by atoms with E-state index in [0.29, 0.717) is 32.3 Å². The summed E-state index contributed by atoms with van der Waals surface area (Å²) in [6, 6.07) is 6.65. The van der Waals surface area contributed by atoms with Crippen molar-refractivity contribution in [2.45, 2.75) is 18.2 Å². The van der Waals surface area contributed by atoms with Crippen LogP contribution in [-0.2, 0) is 14.8 Å². The lowest BCUT2D eigenvalue weighted by molar-refractivity contribution is -0.275. The molecule has 0 N–H and O–H groups in total. The Balaban J connectivity index is 1.49. The van der Waals surface area contributed by atoms with Gasteiger partial charge in [-0.3, -0.25) is 0 Å². The van der Waals surface area contributed by atoms with Gasteiger partial charge in [0.1, 0.15) is 16.5 Å². The van der Waals surface area contributed by atoms with Gasteiger partial charge in [0.25, 0.3) is 0 Å². The molecule has 2 aromatic rings. The first-order chi connectivity index (χ1) is 15.6. The number of sulfonamides is 1. The van der Waals surface area contributed by atoms with Gasteiger partial charge in [-0.05, 0) is 19.1 Å². The maximum atomic E-state index is 13.1. The minimum Gasteiger partial charge on any atom is -0.404 e. The second-order valence-electron chi connectivity index (χ2n) is 7.65. The topological polar surface area (TPSA) is 88.1 Å². The molecule has 0 unspecified atom stereocenters. The van der Waals surface area contributed by atoms with Crippen molar-refractivity contribution in [1.82, 2.24) is 14.3 Å². The normalized spacial score (nSPS) is 18.4. The molecule has 0 atom stereocenters. The molecule has 2 fully saturated rings. The fourth-order valence-corrected chi connectivity index (χ4v) is 5.31. The standard InChI is InChI=1S/C20H24F3N5O4S/c1-15-14-18(26-10-12-31-13-11-26)25-19(24-15)27-6-8-28(9-7-27)33(29,30)17-5-3-2-4-16(17)32-20(21,22)23/h2-5,14H,6-13H2,1H3. The molecule has 0 amide bonds. The van der Waals surface area contributed by atoms with Crippen molar-refractivity contribution in [2.24, 2.45) is 0 Å². The van der Waals surface area contributed by atoms with Crippen LogP contribution in [0.2, 0.25) is 0 Å². The Labute approximate surface area is 189 Å². The minimum atomic E-state index is -5.00. The van der Waals surface area contributed by atoms with Crippen LogP contribution in [0.5, 0.6) is 5.75 Å². The quantitative estimate of drug-likeness (QED) is 0.633. The van der Waals surface area contributed by atoms with E-state index in [1.54, 1.807) is 0 Å². The number of piperazine rings is 1. The molecule has 2 saturated heterocycles. The minimum absolute atomic E-state index is 0.0763. The van der Waals surface area contributed by atoms with Crippen molar-refractivity contribution in [3.05, 3.63) is 36.0 Å². The SMILES string of the molecule is Cc1cc(N2CCOCC2)nc(N2CCN(S(=O)(=O)c3ccccc3OC(F)(F)F)CC2)n1. The van der Waals surface area contributed by atoms with E-state index in [1.807, 2.05) is 17.9 Å². The number of morpholine rings is 1. The average molecular weight is 488 g/mol. The molecule has 33 heavy (non-hydrogen) atoms. The number of halogens is 3. The van der Waals surface area contributed by atoms with Crippen molar-refractivity contribution in [1.29, 1.82) is 0 Å². The van der Waals surface area contributed by atoms with E-state index in [1.165, 1.54) is 12.1 Å². The third-order valence-corrected chi connectivity index (χ3v) is 7.32. The number of aryl methyl sites for hydroxylation is 1. The van der Waals surface area contributed by atoms with Crippen LogP contribution in [-0.4, -0.2) is 81.5 Å². The maximum Gasteiger partial charge on any atom is 0.573 e. The Hall–Kier alpha value is -2.64. The lowest BCUT2D eigenvalue weighted by Crippen LogP contribution is -2.49. The van der Waals surface area contributed by atoms with Crippen LogP contribution in [0, 0.1) is 6.92 Å². The molecule has 0 radical (unpaired) electrons. The zero-order valence-electron chi connectivity index (χ0n) is 18.0. The predicted molar refractivity (Wildman–Crippen MR) is 114 cm³/mol. The second kappa shape index (κ2) is 9.31. The van der Waals surface area contributed by atoms with E-state index in [4.69, 9.17) is 4.74 Å². The highest BCUT2D eigenvalue weighted by molar-refractivity contribution is 7.89. The van der Waals surface area contributed by atoms with Crippen molar-refractivity contribution in [2.75, 3.05) is 62.3 Å². The number of alkyl halides is 3. The molecule has 0 saturated carbocycles. The van der Waals surface area contributed by atoms with Gasteiger partial charge >= 0.3 is 6.36 Å². The lowest BCUT2D eigenvalue weighted by Gasteiger charge is -2.35. The van der Waals surface area contributed by atoms with E-state index in [-0.39, 0.29) is 13.1 Å². The molecule has 1 aromatic carbocycles. The number of anilines is 2. The van der Waals surface area contributed by atoms with E-state index in [0.717, 1.165) is 41.0 Å². The van der Waals surface area contributed by atoms with E-state index < -0.39 is 27.0 Å². The highest BCUT2D eigenvalue weighted by Gasteiger charge is 2.36. The van der Waals surface area contributed by atoms with Crippen LogP contribution in [0.4, 0.5) is 24.9 Å². The molecule has 4 rings (SSSR count). The predicted octanol–water partition coefficient (Wildman–Crippen LogP) is 2.03. The summed E-state index contributed by atoms with van der Waals surface area (Å²) in [6.07, 6.45) is -5.00. The first kappa shape index (κ1) is 23.5. The zero-order valence-corrected chi connectivity index (χ0v) is 18.8. The Morgan fingerprint density at radius 1 is 0.970 bits per heavy atom. The summed E-state index contributed by atoms with van der Waals surface area (Å²) in [5.41, 5.74) is 0.787. The zero-order chi connectivity index (χ0) is 23.6. The lowest BCUT2D eigenvalue weighted by atomic mass is 10.3. The number of nitrogens with zero attached hydrogens (tertiary/aromatic N) is 5. The highest BCUT2D eigenvalue weighted by Crippen LogP contribution is 2.32. The number of rotatable bonds is 5. The van der Waals surface area contributed by atoms with Crippen LogP contribution in [0.15, 0.2) is 35.2 Å². The number of ether oxygens (including phenoxy) is 2. The van der Waals surface area contributed by atoms with Gasteiger partial charge in [-0.25, -0.2) is 13.4 Å². The van der Waals surface area contributed by atoms with Crippen molar-refractivity contribution >= 4 is 21.8 Å². The van der Waals surface area contributed by atoms with E-state index in [2.05, 4.69) is 19.6 Å². The third kappa shape index (κ3) is 5.47. The summed E-state index contributed by atoms with van der Waals surface area (Å²) in [6.45, 7) is 5.31. The maximum absolute atomic E-state index is 13.1. The largest absolute Gasteiger partial charge is 0.573 e. The van der Waals surface area contributed by atoms with Gasteiger partial charge in [0, 0.05) is 51.0 Å². The van der Waals surface area contributed by atoms with Gasteiger partial charge in [0.05, 0.1) is 13.2 Å². The molecule has 1 aromatic heterocycles. The molecule has 0 bridgehead atoms. The Morgan fingerprint density at radius 2 is 1.64 bits per heavy atom. The van der Waals surface area contributed by atoms with Gasteiger partial charge in [-0.15, -0.1) is 13.2 Å². The van der Waals surface area contributed by atoms with Crippen LogP contribution >= 0.6 is 0 Å². The third-order valence-electron chi connectivity index (χ3n) is 5.38. The number of para-hydroxylation sites is 1. The number of aromatic nitrogens is 2. The Bertz CT molecular complexity index is 1090. The van der Waals surface area contributed by atoms with Crippen molar-refractivity contribution < 1.29 is 31.1 Å². The summed E-state index contributed by atoms with van der Waals surface area (Å²) in [5.74, 6) is 0.535. The number of hydrogen-bond acceptors (Lipinski definition) is 8. The fourth-order valence-electron chi connectivity index (χ4n) is 3.77. The molecular formula is C20H24F3N5O4S. The first-order valence-electron chi connectivity index (χ1n) is 10.4. The monoisotopic (exact) mass is 487 g/mol. The van der Waals surface area contributed by atoms with Crippen LogP contribution in [0.3, 0.4) is 0 Å². The van der Waals surface area contributed by atoms with Crippen LogP contribution in [0.1, 0.15) is 5.69 Å². The van der Waals surface area contributed by atoms with Crippen molar-refractivity contribution in [3.63, 3.8) is 0 Å². The number of hydrogen-bond donors (Lipinski definition) is 0. The smallest absolute Gasteiger partial charge is 0.404 e. The summed E-state index contributed by atoms with van der Waals surface area (Å²) in [5, 5.41) is 0. The van der Waals surface area contributed by atoms with Gasteiger partial charge < -0.3 is 19.3 Å². The molecule has 13 heteroatoms. The molecule has 180 valence electrons. The van der Waals surface area contributed by atoms with Gasteiger partial charge in [-0.2, -0.15) is 9.29 Å².